The van der Waals surface area contributed by atoms with Gasteiger partial charge in [0.2, 0.25) is 5.91 Å². The summed E-state index contributed by atoms with van der Waals surface area (Å²) in [5, 5.41) is 1.23. The van der Waals surface area contributed by atoms with E-state index >= 15 is 0 Å². The standard InChI is InChI=1S/C7H9NO2S/c1-5(9)6-7(10)8(2)3-4-11-6/h3-4,6H,1-2H3. The maximum atomic E-state index is 11.2. The Labute approximate surface area is 69.4 Å². The predicted octanol–water partition coefficient (Wildman–Crippen LogP) is 0.620. The average molecular weight is 171 g/mol. The molecule has 60 valence electrons. The first-order valence-corrected chi connectivity index (χ1v) is 4.16. The van der Waals surface area contributed by atoms with Crippen LogP contribution in [0.3, 0.4) is 0 Å². The molecule has 0 aromatic rings. The summed E-state index contributed by atoms with van der Waals surface area (Å²) in [7, 11) is 1.65. The predicted molar refractivity (Wildman–Crippen MR) is 44.0 cm³/mol. The van der Waals surface area contributed by atoms with Crippen molar-refractivity contribution in [2.24, 2.45) is 0 Å². The van der Waals surface area contributed by atoms with E-state index in [0.29, 0.717) is 0 Å². The van der Waals surface area contributed by atoms with Gasteiger partial charge < -0.3 is 4.90 Å². The van der Waals surface area contributed by atoms with Gasteiger partial charge in [-0.1, -0.05) is 0 Å². The lowest BCUT2D eigenvalue weighted by molar-refractivity contribution is -0.131. The normalized spacial score (nSPS) is 24.0. The van der Waals surface area contributed by atoms with Crippen molar-refractivity contribution in [2.45, 2.75) is 12.2 Å². The topological polar surface area (TPSA) is 37.4 Å². The summed E-state index contributed by atoms with van der Waals surface area (Å²) in [5.74, 6) is -0.221. The molecule has 0 fully saturated rings. The summed E-state index contributed by atoms with van der Waals surface area (Å²) in [6.07, 6.45) is 1.66. The van der Waals surface area contributed by atoms with Gasteiger partial charge in [-0.15, -0.1) is 11.8 Å². The van der Waals surface area contributed by atoms with Crippen LogP contribution in [-0.4, -0.2) is 28.9 Å². The highest BCUT2D eigenvalue weighted by atomic mass is 32.2. The third kappa shape index (κ3) is 1.63. The van der Waals surface area contributed by atoms with Crippen LogP contribution >= 0.6 is 11.8 Å². The largest absolute Gasteiger partial charge is 0.320 e. The summed E-state index contributed by atoms with van der Waals surface area (Å²) in [6.45, 7) is 1.43. The number of rotatable bonds is 1. The third-order valence-electron chi connectivity index (χ3n) is 1.44. The lowest BCUT2D eigenvalue weighted by Gasteiger charge is -2.21. The van der Waals surface area contributed by atoms with E-state index in [1.165, 1.54) is 23.6 Å². The molecule has 0 radical (unpaired) electrons. The minimum atomic E-state index is -0.523. The molecule has 4 heteroatoms. The maximum Gasteiger partial charge on any atom is 0.247 e. The molecular weight excluding hydrogens is 162 g/mol. The van der Waals surface area contributed by atoms with Gasteiger partial charge in [0.25, 0.3) is 0 Å². The van der Waals surface area contributed by atoms with Crippen molar-refractivity contribution >= 4 is 23.5 Å². The molecule has 1 amide bonds. The van der Waals surface area contributed by atoms with Gasteiger partial charge in [0.05, 0.1) is 0 Å². The lowest BCUT2D eigenvalue weighted by Crippen LogP contribution is -2.37. The molecule has 0 aliphatic carbocycles. The van der Waals surface area contributed by atoms with Crippen LogP contribution < -0.4 is 0 Å². The van der Waals surface area contributed by atoms with Crippen LogP contribution in [0.2, 0.25) is 0 Å². The average Bonchev–Trinajstić information content (AvgIpc) is 1.94. The van der Waals surface area contributed by atoms with E-state index in [2.05, 4.69) is 0 Å². The lowest BCUT2D eigenvalue weighted by atomic mass is 10.3. The first-order chi connectivity index (χ1) is 5.13. The van der Waals surface area contributed by atoms with Gasteiger partial charge in [-0.3, -0.25) is 9.59 Å². The van der Waals surface area contributed by atoms with Crippen LogP contribution in [0.25, 0.3) is 0 Å². The Morgan fingerprint density at radius 2 is 2.36 bits per heavy atom. The van der Waals surface area contributed by atoms with Gasteiger partial charge in [-0.05, 0) is 12.3 Å². The van der Waals surface area contributed by atoms with E-state index in [1.807, 2.05) is 0 Å². The van der Waals surface area contributed by atoms with Gasteiger partial charge in [0, 0.05) is 13.2 Å². The minimum absolute atomic E-state index is 0.0869. The van der Waals surface area contributed by atoms with Crippen LogP contribution in [0.5, 0.6) is 0 Å². The van der Waals surface area contributed by atoms with Crippen molar-refractivity contribution in [3.05, 3.63) is 11.6 Å². The number of nitrogens with zero attached hydrogens (tertiary/aromatic N) is 1. The molecule has 0 saturated carbocycles. The highest BCUT2D eigenvalue weighted by Gasteiger charge is 2.27. The fourth-order valence-corrected chi connectivity index (χ4v) is 1.68. The second kappa shape index (κ2) is 3.09. The zero-order valence-corrected chi connectivity index (χ0v) is 7.22. The van der Waals surface area contributed by atoms with E-state index in [0.717, 1.165) is 0 Å². The summed E-state index contributed by atoms with van der Waals surface area (Å²) < 4.78 is 0. The van der Waals surface area contributed by atoms with Crippen LogP contribution in [0, 0.1) is 0 Å². The maximum absolute atomic E-state index is 11.2. The molecule has 1 atom stereocenters. The van der Waals surface area contributed by atoms with Gasteiger partial charge >= 0.3 is 0 Å². The van der Waals surface area contributed by atoms with Crippen molar-refractivity contribution in [2.75, 3.05) is 7.05 Å². The van der Waals surface area contributed by atoms with E-state index < -0.39 is 5.25 Å². The van der Waals surface area contributed by atoms with Crippen molar-refractivity contribution < 1.29 is 9.59 Å². The summed E-state index contributed by atoms with van der Waals surface area (Å²) in [6, 6.07) is 0. The molecule has 0 saturated heterocycles. The van der Waals surface area contributed by atoms with E-state index in [-0.39, 0.29) is 11.7 Å². The first kappa shape index (κ1) is 8.33. The van der Waals surface area contributed by atoms with E-state index in [9.17, 15) is 9.59 Å². The fraction of sp³-hybridized carbons (Fsp3) is 0.429. The summed E-state index contributed by atoms with van der Waals surface area (Å²) in [4.78, 5) is 23.5. The number of Topliss-reactive ketones (excluding diaryl/α,β-unsaturated/α-hetero) is 1. The number of amides is 1. The molecule has 1 aliphatic heterocycles. The molecule has 11 heavy (non-hydrogen) atoms. The van der Waals surface area contributed by atoms with Gasteiger partial charge in [0.15, 0.2) is 5.78 Å². The van der Waals surface area contributed by atoms with Gasteiger partial charge in [-0.25, -0.2) is 0 Å². The number of carbonyl (C=O) groups is 2. The molecule has 1 rings (SSSR count). The Morgan fingerprint density at radius 1 is 1.73 bits per heavy atom. The van der Waals surface area contributed by atoms with Crippen LogP contribution in [0.4, 0.5) is 0 Å². The highest BCUT2D eigenvalue weighted by Crippen LogP contribution is 2.20. The molecule has 1 unspecified atom stereocenters. The number of hydrogen-bond donors (Lipinski definition) is 0. The summed E-state index contributed by atoms with van der Waals surface area (Å²) >= 11 is 1.26. The molecule has 0 aromatic carbocycles. The van der Waals surface area contributed by atoms with Crippen molar-refractivity contribution in [1.82, 2.24) is 4.90 Å². The van der Waals surface area contributed by atoms with E-state index in [4.69, 9.17) is 0 Å². The number of thioether (sulfide) groups is 1. The number of carbonyl (C=O) groups excluding carboxylic acids is 2. The Balaban J connectivity index is 2.78. The zero-order valence-electron chi connectivity index (χ0n) is 6.40. The molecular formula is C7H9NO2S. The van der Waals surface area contributed by atoms with Gasteiger partial charge in [0.1, 0.15) is 5.25 Å². The first-order valence-electron chi connectivity index (χ1n) is 3.22. The van der Waals surface area contributed by atoms with Crippen molar-refractivity contribution in [3.63, 3.8) is 0 Å². The Morgan fingerprint density at radius 3 is 2.82 bits per heavy atom. The number of hydrogen-bond acceptors (Lipinski definition) is 3. The third-order valence-corrected chi connectivity index (χ3v) is 2.52. The van der Waals surface area contributed by atoms with Crippen LogP contribution in [-0.2, 0) is 9.59 Å². The molecule has 1 heterocycles. The molecule has 0 spiro atoms. The molecule has 0 N–H and O–H groups in total. The van der Waals surface area contributed by atoms with E-state index in [1.54, 1.807) is 18.7 Å². The quantitative estimate of drug-likeness (QED) is 0.543. The van der Waals surface area contributed by atoms with Crippen LogP contribution in [0.1, 0.15) is 6.92 Å². The zero-order chi connectivity index (χ0) is 8.43. The Hall–Kier alpha value is -0.770. The fourth-order valence-electron chi connectivity index (χ4n) is 0.791. The molecule has 0 bridgehead atoms. The van der Waals surface area contributed by atoms with Gasteiger partial charge in [-0.2, -0.15) is 0 Å². The Bertz CT molecular complexity index is 224. The SMILES string of the molecule is CC(=O)C1SC=CN(C)C1=O. The van der Waals surface area contributed by atoms with Crippen molar-refractivity contribution in [3.8, 4) is 0 Å². The van der Waals surface area contributed by atoms with Crippen molar-refractivity contribution in [1.29, 1.82) is 0 Å². The van der Waals surface area contributed by atoms with Crippen LogP contribution in [0.15, 0.2) is 11.6 Å². The second-order valence-electron chi connectivity index (χ2n) is 2.36. The monoisotopic (exact) mass is 171 g/mol. The Kier molecular flexibility index (Phi) is 2.34. The summed E-state index contributed by atoms with van der Waals surface area (Å²) in [5.41, 5.74) is 0. The molecule has 0 aromatic heterocycles. The highest BCUT2D eigenvalue weighted by molar-refractivity contribution is 8.04. The minimum Gasteiger partial charge on any atom is -0.320 e. The molecule has 3 nitrogen and oxygen atoms in total. The smallest absolute Gasteiger partial charge is 0.247 e. The molecule has 1 aliphatic rings. The second-order valence-corrected chi connectivity index (χ2v) is 3.38. The number of ketones is 1.